The lowest BCUT2D eigenvalue weighted by Crippen LogP contribution is -2.28. The van der Waals surface area contributed by atoms with Gasteiger partial charge in [0.15, 0.2) is 12.4 Å². The molecule has 0 bridgehead atoms. The first-order valence-corrected chi connectivity index (χ1v) is 5.77. The van der Waals surface area contributed by atoms with Gasteiger partial charge in [0.25, 0.3) is 5.91 Å². The van der Waals surface area contributed by atoms with Crippen LogP contribution in [-0.2, 0) is 11.2 Å². The Morgan fingerprint density at radius 1 is 1.41 bits per heavy atom. The van der Waals surface area contributed by atoms with Gasteiger partial charge < -0.3 is 10.1 Å². The number of hydrogen-bond donors (Lipinski definition) is 1. The summed E-state index contributed by atoms with van der Waals surface area (Å²) in [6.45, 7) is 2.45. The number of rotatable bonds is 4. The molecule has 0 fully saturated rings. The Labute approximate surface area is 100.0 Å². The van der Waals surface area contributed by atoms with Crippen molar-refractivity contribution in [1.29, 1.82) is 0 Å². The molecule has 0 spiro atoms. The van der Waals surface area contributed by atoms with Crippen LogP contribution in [0.1, 0.15) is 29.3 Å². The average molecular weight is 233 g/mol. The Kier molecular flexibility index (Phi) is 3.42. The van der Waals surface area contributed by atoms with E-state index in [1.165, 1.54) is 0 Å². The monoisotopic (exact) mass is 233 g/mol. The van der Waals surface area contributed by atoms with Crippen molar-refractivity contribution in [2.75, 3.05) is 13.2 Å². The van der Waals surface area contributed by atoms with E-state index in [0.29, 0.717) is 25.1 Å². The van der Waals surface area contributed by atoms with Crippen molar-refractivity contribution >= 4 is 11.7 Å². The van der Waals surface area contributed by atoms with Crippen molar-refractivity contribution in [2.45, 2.75) is 19.8 Å². The van der Waals surface area contributed by atoms with Gasteiger partial charge >= 0.3 is 0 Å². The van der Waals surface area contributed by atoms with E-state index in [2.05, 4.69) is 5.32 Å². The van der Waals surface area contributed by atoms with Gasteiger partial charge in [0.05, 0.1) is 0 Å². The van der Waals surface area contributed by atoms with Crippen LogP contribution in [0.4, 0.5) is 0 Å². The molecule has 1 aromatic carbocycles. The average Bonchev–Trinajstić information content (AvgIpc) is 2.70. The highest BCUT2D eigenvalue weighted by Crippen LogP contribution is 2.30. The van der Waals surface area contributed by atoms with Gasteiger partial charge in [-0.25, -0.2) is 0 Å². The molecular weight excluding hydrogens is 218 g/mol. The maximum atomic E-state index is 11.5. The lowest BCUT2D eigenvalue weighted by Gasteiger charge is -2.09. The molecule has 0 atom stereocenters. The van der Waals surface area contributed by atoms with Gasteiger partial charge in [-0.3, -0.25) is 9.59 Å². The minimum absolute atomic E-state index is 0.00150. The Balaban J connectivity index is 2.08. The van der Waals surface area contributed by atoms with E-state index < -0.39 is 0 Å². The van der Waals surface area contributed by atoms with Crippen molar-refractivity contribution in [3.8, 4) is 5.75 Å². The van der Waals surface area contributed by atoms with E-state index >= 15 is 0 Å². The van der Waals surface area contributed by atoms with Crippen LogP contribution < -0.4 is 10.1 Å². The minimum atomic E-state index is -0.144. The van der Waals surface area contributed by atoms with E-state index in [0.717, 1.165) is 11.1 Å². The number of amides is 1. The summed E-state index contributed by atoms with van der Waals surface area (Å²) in [5.74, 6) is 0.664. The SMILES string of the molecule is CCNC(=O)COc1cccc2c1CCC2=O. The van der Waals surface area contributed by atoms with Gasteiger partial charge in [0, 0.05) is 24.1 Å². The molecule has 1 aliphatic carbocycles. The van der Waals surface area contributed by atoms with Gasteiger partial charge in [0.1, 0.15) is 5.75 Å². The third-order valence-corrected chi connectivity index (χ3v) is 2.77. The Bertz CT molecular complexity index is 454. The second-order valence-corrected chi connectivity index (χ2v) is 3.95. The summed E-state index contributed by atoms with van der Waals surface area (Å²) in [5.41, 5.74) is 1.67. The molecule has 1 amide bonds. The first-order chi connectivity index (χ1) is 8.22. The van der Waals surface area contributed by atoms with E-state index in [4.69, 9.17) is 4.74 Å². The lowest BCUT2D eigenvalue weighted by atomic mass is 10.1. The molecule has 1 aromatic rings. The maximum absolute atomic E-state index is 11.5. The number of ketones is 1. The highest BCUT2D eigenvalue weighted by Gasteiger charge is 2.22. The largest absolute Gasteiger partial charge is 0.483 e. The van der Waals surface area contributed by atoms with Crippen LogP contribution in [0.3, 0.4) is 0 Å². The third kappa shape index (κ3) is 2.46. The molecule has 0 unspecified atom stereocenters. The fourth-order valence-corrected chi connectivity index (χ4v) is 1.98. The molecule has 4 nitrogen and oxygen atoms in total. The summed E-state index contributed by atoms with van der Waals surface area (Å²) in [4.78, 5) is 22.8. The molecule has 1 N–H and O–H groups in total. The van der Waals surface area contributed by atoms with Crippen LogP contribution in [-0.4, -0.2) is 24.8 Å². The predicted molar refractivity (Wildman–Crippen MR) is 63.3 cm³/mol. The number of fused-ring (bicyclic) bond motifs is 1. The molecular formula is C13H15NO3. The van der Waals surface area contributed by atoms with Gasteiger partial charge in [-0.2, -0.15) is 0 Å². The smallest absolute Gasteiger partial charge is 0.257 e. The van der Waals surface area contributed by atoms with Gasteiger partial charge in [-0.05, 0) is 19.4 Å². The van der Waals surface area contributed by atoms with E-state index in [9.17, 15) is 9.59 Å². The quantitative estimate of drug-likeness (QED) is 0.853. The second kappa shape index (κ2) is 4.99. The summed E-state index contributed by atoms with van der Waals surface area (Å²) in [6.07, 6.45) is 1.25. The van der Waals surface area contributed by atoms with E-state index in [1.807, 2.05) is 13.0 Å². The molecule has 4 heteroatoms. The van der Waals surface area contributed by atoms with Crippen LogP contribution in [0.5, 0.6) is 5.75 Å². The highest BCUT2D eigenvalue weighted by atomic mass is 16.5. The number of Topliss-reactive ketones (excluding diaryl/α,β-unsaturated/α-hetero) is 1. The fraction of sp³-hybridized carbons (Fsp3) is 0.385. The zero-order valence-corrected chi connectivity index (χ0v) is 9.79. The molecule has 90 valence electrons. The van der Waals surface area contributed by atoms with Crippen LogP contribution in [0, 0.1) is 0 Å². The molecule has 0 heterocycles. The molecule has 0 aromatic heterocycles. The van der Waals surface area contributed by atoms with Crippen molar-refractivity contribution in [3.63, 3.8) is 0 Å². The number of likely N-dealkylation sites (N-methyl/N-ethyl adjacent to an activating group) is 1. The fourth-order valence-electron chi connectivity index (χ4n) is 1.98. The molecule has 17 heavy (non-hydrogen) atoms. The Morgan fingerprint density at radius 2 is 2.24 bits per heavy atom. The number of carbonyl (C=O) groups excluding carboxylic acids is 2. The summed E-state index contributed by atoms with van der Waals surface area (Å²) in [7, 11) is 0. The third-order valence-electron chi connectivity index (χ3n) is 2.77. The van der Waals surface area contributed by atoms with Crippen LogP contribution in [0.25, 0.3) is 0 Å². The van der Waals surface area contributed by atoms with E-state index in [-0.39, 0.29) is 18.3 Å². The molecule has 0 saturated carbocycles. The van der Waals surface area contributed by atoms with Gasteiger partial charge in [-0.15, -0.1) is 0 Å². The topological polar surface area (TPSA) is 55.4 Å². The number of hydrogen-bond acceptors (Lipinski definition) is 3. The Morgan fingerprint density at radius 3 is 3.00 bits per heavy atom. The first kappa shape index (κ1) is 11.6. The number of carbonyl (C=O) groups is 2. The van der Waals surface area contributed by atoms with Gasteiger partial charge in [0.2, 0.25) is 0 Å². The van der Waals surface area contributed by atoms with Crippen molar-refractivity contribution in [2.24, 2.45) is 0 Å². The van der Waals surface area contributed by atoms with Crippen LogP contribution >= 0.6 is 0 Å². The zero-order valence-electron chi connectivity index (χ0n) is 9.79. The normalized spacial score (nSPS) is 13.4. The minimum Gasteiger partial charge on any atom is -0.483 e. The van der Waals surface area contributed by atoms with Crippen LogP contribution in [0.15, 0.2) is 18.2 Å². The highest BCUT2D eigenvalue weighted by molar-refractivity contribution is 6.01. The standard InChI is InChI=1S/C13H15NO3/c1-2-14-13(16)8-17-12-5-3-4-9-10(12)6-7-11(9)15/h3-5H,2,6-8H2,1H3,(H,14,16). The summed E-state index contributed by atoms with van der Waals surface area (Å²) >= 11 is 0. The van der Waals surface area contributed by atoms with Gasteiger partial charge in [-0.1, -0.05) is 12.1 Å². The molecule has 0 saturated heterocycles. The molecule has 1 aliphatic rings. The lowest BCUT2D eigenvalue weighted by molar-refractivity contribution is -0.122. The predicted octanol–water partition coefficient (Wildman–Crippen LogP) is 1.33. The van der Waals surface area contributed by atoms with Crippen molar-refractivity contribution in [1.82, 2.24) is 5.32 Å². The van der Waals surface area contributed by atoms with Crippen molar-refractivity contribution in [3.05, 3.63) is 29.3 Å². The number of nitrogens with one attached hydrogen (secondary N) is 1. The van der Waals surface area contributed by atoms with Crippen molar-refractivity contribution < 1.29 is 14.3 Å². The number of benzene rings is 1. The molecule has 0 radical (unpaired) electrons. The zero-order chi connectivity index (χ0) is 12.3. The van der Waals surface area contributed by atoms with E-state index in [1.54, 1.807) is 12.1 Å². The number of ether oxygens (including phenoxy) is 1. The summed E-state index contributed by atoms with van der Waals surface area (Å²) < 4.78 is 5.45. The Hall–Kier alpha value is -1.84. The summed E-state index contributed by atoms with van der Waals surface area (Å²) in [5, 5.41) is 2.66. The molecule has 0 aliphatic heterocycles. The second-order valence-electron chi connectivity index (χ2n) is 3.95. The summed E-state index contributed by atoms with van der Waals surface area (Å²) in [6, 6.07) is 5.40. The first-order valence-electron chi connectivity index (χ1n) is 5.77. The van der Waals surface area contributed by atoms with Crippen LogP contribution in [0.2, 0.25) is 0 Å². The maximum Gasteiger partial charge on any atom is 0.257 e. The molecule has 2 rings (SSSR count).